The monoisotopic (exact) mass is 268 g/mol. The third-order valence-corrected chi connectivity index (χ3v) is 7.30. The van der Waals surface area contributed by atoms with E-state index in [1.165, 1.54) is 34.6 Å². The molecule has 0 unspecified atom stereocenters. The molecule has 0 fully saturated rings. The van der Waals surface area contributed by atoms with Gasteiger partial charge in [-0.05, 0) is 34.6 Å². The smallest absolute Gasteiger partial charge is 0.359 e. The van der Waals surface area contributed by atoms with E-state index >= 15 is 0 Å². The highest BCUT2D eigenvalue weighted by atomic mass is 32.3. The maximum atomic E-state index is 11.9. The summed E-state index contributed by atoms with van der Waals surface area (Å²) >= 11 is 0. The molecule has 0 aliphatic rings. The second-order valence-corrected chi connectivity index (χ2v) is 9.87. The summed E-state index contributed by atoms with van der Waals surface area (Å²) < 4.78 is 44.6. The van der Waals surface area contributed by atoms with Gasteiger partial charge in [0.25, 0.3) is 19.7 Å². The van der Waals surface area contributed by atoms with Gasteiger partial charge in [0.1, 0.15) is 0 Å². The molecular weight excluding hydrogens is 252 g/mol. The number of hydrogen-bond donors (Lipinski definition) is 0. The van der Waals surface area contributed by atoms with Crippen molar-refractivity contribution in [3.63, 3.8) is 0 Å². The fourth-order valence-corrected chi connectivity index (χ4v) is 4.43. The van der Waals surface area contributed by atoms with Crippen LogP contribution in [-0.2, 0) is 19.7 Å². The summed E-state index contributed by atoms with van der Waals surface area (Å²) in [7, 11) is -8.30. The Morgan fingerprint density at radius 1 is 1.12 bits per heavy atom. The Morgan fingerprint density at radius 2 is 1.50 bits per heavy atom. The molecule has 16 heavy (non-hydrogen) atoms. The summed E-state index contributed by atoms with van der Waals surface area (Å²) in [5.41, 5.74) is 8.64. The normalized spacial score (nSPS) is 13.6. The minimum Gasteiger partial charge on any atom is -0.359 e. The van der Waals surface area contributed by atoms with Crippen molar-refractivity contribution in [1.82, 2.24) is 0 Å². The van der Waals surface area contributed by atoms with Gasteiger partial charge >= 0.3 is 4.38 Å². The largest absolute Gasteiger partial charge is 0.495 e. The Kier molecular flexibility index (Phi) is 4.08. The molecule has 0 bridgehead atoms. The standard InChI is InChI=1S/C8H16N2O4S2/c1-6(2)15(11,12)7(10-9)16(13,14)8(3,4)5/h6H,1-5H3. The van der Waals surface area contributed by atoms with E-state index in [1.54, 1.807) is 0 Å². The zero-order valence-electron chi connectivity index (χ0n) is 9.92. The van der Waals surface area contributed by atoms with Gasteiger partial charge in [-0.15, -0.1) is 4.79 Å². The maximum absolute atomic E-state index is 11.9. The van der Waals surface area contributed by atoms with Gasteiger partial charge in [0.05, 0.1) is 10.00 Å². The summed E-state index contributed by atoms with van der Waals surface area (Å²) in [5.74, 6) is 0. The summed E-state index contributed by atoms with van der Waals surface area (Å²) in [5, 5.41) is -0.962. The molecule has 0 atom stereocenters. The first-order valence-corrected chi connectivity index (χ1v) is 7.62. The SMILES string of the molecule is CC(C)S(=O)(=O)C(=[N+]=[N-])S(=O)(=O)C(C)(C)C. The van der Waals surface area contributed by atoms with Crippen LogP contribution in [0.2, 0.25) is 0 Å². The summed E-state index contributed by atoms with van der Waals surface area (Å²) in [4.78, 5) is 2.46. The molecule has 94 valence electrons. The van der Waals surface area contributed by atoms with Crippen LogP contribution in [0.15, 0.2) is 0 Å². The first-order chi connectivity index (χ1) is 6.89. The lowest BCUT2D eigenvalue weighted by molar-refractivity contribution is 0.00362. The van der Waals surface area contributed by atoms with Crippen LogP contribution in [-0.4, -0.2) is 36.0 Å². The van der Waals surface area contributed by atoms with Crippen LogP contribution < -0.4 is 0 Å². The highest BCUT2D eigenvalue weighted by molar-refractivity contribution is 8.31. The fraction of sp³-hybridized carbons (Fsp3) is 0.875. The van der Waals surface area contributed by atoms with Crippen molar-refractivity contribution in [1.29, 1.82) is 0 Å². The van der Waals surface area contributed by atoms with Gasteiger partial charge in [-0.1, -0.05) is 0 Å². The van der Waals surface area contributed by atoms with Gasteiger partial charge in [-0.2, -0.15) is 0 Å². The Labute approximate surface area is 96.1 Å². The van der Waals surface area contributed by atoms with E-state index in [0.29, 0.717) is 0 Å². The van der Waals surface area contributed by atoms with Crippen LogP contribution in [0.5, 0.6) is 0 Å². The maximum Gasteiger partial charge on any atom is 0.495 e. The Bertz CT molecular complexity index is 517. The molecule has 0 radical (unpaired) electrons. The van der Waals surface area contributed by atoms with Crippen LogP contribution in [0.4, 0.5) is 0 Å². The lowest BCUT2D eigenvalue weighted by Gasteiger charge is -2.15. The molecule has 0 saturated carbocycles. The van der Waals surface area contributed by atoms with Crippen molar-refractivity contribution in [3.05, 3.63) is 5.53 Å². The topological polar surface area (TPSA) is 105 Å². The quantitative estimate of drug-likeness (QED) is 0.300. The fourth-order valence-electron chi connectivity index (χ4n) is 0.727. The average Bonchev–Trinajstić information content (AvgIpc) is 2.01. The minimum absolute atomic E-state index is 0.962. The highest BCUT2D eigenvalue weighted by Gasteiger charge is 2.49. The molecule has 0 spiro atoms. The minimum atomic E-state index is -4.18. The predicted molar refractivity (Wildman–Crippen MR) is 61.4 cm³/mol. The summed E-state index contributed by atoms with van der Waals surface area (Å²) in [6.45, 7) is 6.65. The van der Waals surface area contributed by atoms with E-state index in [9.17, 15) is 16.8 Å². The van der Waals surface area contributed by atoms with Gasteiger partial charge in [-0.3, -0.25) is 0 Å². The molecule has 8 heteroatoms. The van der Waals surface area contributed by atoms with E-state index in [4.69, 9.17) is 5.53 Å². The lowest BCUT2D eigenvalue weighted by Crippen LogP contribution is -2.41. The summed E-state index contributed by atoms with van der Waals surface area (Å²) in [6, 6.07) is 0. The molecule has 0 aromatic carbocycles. The van der Waals surface area contributed by atoms with Crippen molar-refractivity contribution in [2.45, 2.75) is 44.6 Å². The molecule has 0 rings (SSSR count). The molecule has 0 N–H and O–H groups in total. The third kappa shape index (κ3) is 2.50. The van der Waals surface area contributed by atoms with E-state index in [0.717, 1.165) is 0 Å². The van der Waals surface area contributed by atoms with Crippen LogP contribution in [0, 0.1) is 0 Å². The van der Waals surface area contributed by atoms with Crippen molar-refractivity contribution >= 4 is 24.1 Å². The Balaban J connectivity index is 6.06. The molecule has 0 aliphatic heterocycles. The predicted octanol–water partition coefficient (Wildman–Crippen LogP) is 0.609. The van der Waals surface area contributed by atoms with Gasteiger partial charge in [0.2, 0.25) is 0 Å². The number of sulfone groups is 2. The van der Waals surface area contributed by atoms with Gasteiger partial charge < -0.3 is 5.53 Å². The van der Waals surface area contributed by atoms with E-state index < -0.39 is 34.0 Å². The van der Waals surface area contributed by atoms with Crippen LogP contribution in [0.3, 0.4) is 0 Å². The van der Waals surface area contributed by atoms with Gasteiger partial charge in [0.15, 0.2) is 0 Å². The van der Waals surface area contributed by atoms with E-state index in [1.807, 2.05) is 0 Å². The van der Waals surface area contributed by atoms with Crippen LogP contribution in [0.1, 0.15) is 34.6 Å². The Hall–Kier alpha value is -0.720. The molecule has 0 aromatic heterocycles. The lowest BCUT2D eigenvalue weighted by atomic mass is 10.3. The first kappa shape index (κ1) is 15.3. The second-order valence-electron chi connectivity index (χ2n) is 4.58. The zero-order chi connectivity index (χ0) is 13.4. The van der Waals surface area contributed by atoms with Crippen LogP contribution >= 0.6 is 0 Å². The number of rotatable bonds is 1. The van der Waals surface area contributed by atoms with E-state index in [2.05, 4.69) is 4.79 Å². The molecule has 0 aromatic rings. The highest BCUT2D eigenvalue weighted by Crippen LogP contribution is 2.20. The molecule has 0 saturated heterocycles. The number of nitrogens with zero attached hydrogens (tertiary/aromatic N) is 2. The molecule has 0 amide bonds. The van der Waals surface area contributed by atoms with Crippen molar-refractivity contribution < 1.29 is 21.6 Å². The van der Waals surface area contributed by atoms with Crippen molar-refractivity contribution in [3.8, 4) is 0 Å². The Morgan fingerprint density at radius 3 is 1.69 bits per heavy atom. The molecular formula is C8H16N2O4S2. The second kappa shape index (κ2) is 4.27. The third-order valence-electron chi connectivity index (χ3n) is 1.98. The molecule has 6 nitrogen and oxygen atoms in total. The molecule has 0 heterocycles. The van der Waals surface area contributed by atoms with Crippen molar-refractivity contribution in [2.75, 3.05) is 0 Å². The zero-order valence-corrected chi connectivity index (χ0v) is 11.6. The van der Waals surface area contributed by atoms with Crippen LogP contribution in [0.25, 0.3) is 5.53 Å². The van der Waals surface area contributed by atoms with Gasteiger partial charge in [-0.25, -0.2) is 16.8 Å². The number of hydrogen-bond acceptors (Lipinski definition) is 4. The average molecular weight is 268 g/mol. The van der Waals surface area contributed by atoms with Crippen molar-refractivity contribution in [2.24, 2.45) is 0 Å². The first-order valence-electron chi connectivity index (χ1n) is 4.59. The van der Waals surface area contributed by atoms with Gasteiger partial charge in [0, 0.05) is 0 Å². The molecule has 0 aliphatic carbocycles. The van der Waals surface area contributed by atoms with E-state index in [-0.39, 0.29) is 0 Å². The summed E-state index contributed by atoms with van der Waals surface area (Å²) in [6.07, 6.45) is 0.